The normalized spacial score (nSPS) is 11.9. The lowest BCUT2D eigenvalue weighted by molar-refractivity contribution is 0.0947. The summed E-state index contributed by atoms with van der Waals surface area (Å²) >= 11 is 1.42. The predicted octanol–water partition coefficient (Wildman–Crippen LogP) is 5.15. The molecule has 0 saturated carbocycles. The van der Waals surface area contributed by atoms with Crippen LogP contribution in [0.25, 0.3) is 21.3 Å². The van der Waals surface area contributed by atoms with Crippen LogP contribution in [0.2, 0.25) is 0 Å². The number of para-hydroxylation sites is 1. The number of rotatable bonds is 5. The molecule has 0 aliphatic carbocycles. The summed E-state index contributed by atoms with van der Waals surface area (Å²) in [5.74, 6) is 0.781. The van der Waals surface area contributed by atoms with Gasteiger partial charge in [0.15, 0.2) is 0 Å². The number of carbonyl (C=O) groups excluding carboxylic acids is 1. The molecule has 4 aromatic rings. The van der Waals surface area contributed by atoms with E-state index in [0.717, 1.165) is 44.7 Å². The Morgan fingerprint density at radius 2 is 1.96 bits per heavy atom. The number of methoxy groups -OCH3 is 1. The number of nitrogens with zero attached hydrogens (tertiary/aromatic N) is 3. The van der Waals surface area contributed by atoms with Crippen molar-refractivity contribution in [3.05, 3.63) is 54.1 Å². The summed E-state index contributed by atoms with van der Waals surface area (Å²) in [6.45, 7) is 3.62. The van der Waals surface area contributed by atoms with Gasteiger partial charge in [-0.25, -0.2) is 4.98 Å². The minimum Gasteiger partial charge on any atom is -0.497 e. The number of ether oxygens (including phenoxy) is 1. The molecule has 6 nitrogen and oxygen atoms in total. The van der Waals surface area contributed by atoms with Gasteiger partial charge in [-0.1, -0.05) is 36.5 Å². The summed E-state index contributed by atoms with van der Waals surface area (Å²) in [6.07, 6.45) is 0.771. The Hall–Kier alpha value is -3.19. The SMILES string of the molecule is CC/C(=N\Nc1nc2c3ccccc3n(C(C)=O)c2s1)c1ccc(OC)cc1. The summed E-state index contributed by atoms with van der Waals surface area (Å²) in [7, 11) is 1.65. The molecule has 0 radical (unpaired) electrons. The highest BCUT2D eigenvalue weighted by Crippen LogP contribution is 2.34. The number of carbonyl (C=O) groups is 1. The van der Waals surface area contributed by atoms with Crippen LogP contribution in [0.3, 0.4) is 0 Å². The van der Waals surface area contributed by atoms with Gasteiger partial charge in [-0.05, 0) is 42.3 Å². The highest BCUT2D eigenvalue weighted by atomic mass is 32.1. The Balaban J connectivity index is 1.70. The molecule has 0 spiro atoms. The van der Waals surface area contributed by atoms with E-state index in [-0.39, 0.29) is 5.91 Å². The molecule has 0 amide bonds. The van der Waals surface area contributed by atoms with Gasteiger partial charge in [-0.2, -0.15) is 5.10 Å². The van der Waals surface area contributed by atoms with Crippen molar-refractivity contribution in [3.63, 3.8) is 0 Å². The van der Waals surface area contributed by atoms with E-state index in [1.165, 1.54) is 11.3 Å². The number of aromatic nitrogens is 2. The first-order chi connectivity index (χ1) is 13.6. The second kappa shape index (κ2) is 7.44. The van der Waals surface area contributed by atoms with Gasteiger partial charge in [0.1, 0.15) is 16.1 Å². The summed E-state index contributed by atoms with van der Waals surface area (Å²) in [6, 6.07) is 15.6. The largest absolute Gasteiger partial charge is 0.497 e. The molecule has 0 aliphatic heterocycles. The van der Waals surface area contributed by atoms with E-state index in [4.69, 9.17) is 4.74 Å². The van der Waals surface area contributed by atoms with Crippen LogP contribution in [0.1, 0.15) is 30.6 Å². The molecule has 7 heteroatoms. The van der Waals surface area contributed by atoms with Gasteiger partial charge in [0.2, 0.25) is 11.0 Å². The fourth-order valence-electron chi connectivity index (χ4n) is 3.22. The quantitative estimate of drug-likeness (QED) is 0.377. The van der Waals surface area contributed by atoms with E-state index in [9.17, 15) is 4.79 Å². The van der Waals surface area contributed by atoms with Gasteiger partial charge < -0.3 is 4.74 Å². The molecule has 4 rings (SSSR count). The lowest BCUT2D eigenvalue weighted by atomic mass is 10.1. The number of nitrogens with one attached hydrogen (secondary N) is 1. The zero-order chi connectivity index (χ0) is 19.7. The zero-order valence-corrected chi connectivity index (χ0v) is 16.7. The lowest BCUT2D eigenvalue weighted by Gasteiger charge is -2.06. The molecule has 0 unspecified atom stereocenters. The maximum absolute atomic E-state index is 12.2. The van der Waals surface area contributed by atoms with E-state index in [2.05, 4.69) is 22.4 Å². The third-order valence-electron chi connectivity index (χ3n) is 4.57. The van der Waals surface area contributed by atoms with Crippen molar-refractivity contribution in [2.45, 2.75) is 20.3 Å². The highest BCUT2D eigenvalue weighted by molar-refractivity contribution is 7.22. The van der Waals surface area contributed by atoms with Crippen molar-refractivity contribution < 1.29 is 9.53 Å². The maximum Gasteiger partial charge on any atom is 0.229 e. The van der Waals surface area contributed by atoms with Crippen molar-refractivity contribution in [2.24, 2.45) is 5.10 Å². The van der Waals surface area contributed by atoms with Crippen molar-refractivity contribution >= 4 is 49.3 Å². The molecule has 142 valence electrons. The number of benzene rings is 2. The number of hydrazone groups is 1. The van der Waals surface area contributed by atoms with E-state index < -0.39 is 0 Å². The van der Waals surface area contributed by atoms with Crippen LogP contribution < -0.4 is 10.2 Å². The van der Waals surface area contributed by atoms with Crippen molar-refractivity contribution in [1.29, 1.82) is 0 Å². The van der Waals surface area contributed by atoms with Crippen LogP contribution in [0.4, 0.5) is 5.13 Å². The van der Waals surface area contributed by atoms with Crippen LogP contribution in [-0.2, 0) is 0 Å². The number of thiazole rings is 1. The van der Waals surface area contributed by atoms with Crippen LogP contribution in [0.5, 0.6) is 5.75 Å². The van der Waals surface area contributed by atoms with Crippen molar-refractivity contribution in [2.75, 3.05) is 12.5 Å². The van der Waals surface area contributed by atoms with Crippen LogP contribution >= 0.6 is 11.3 Å². The Kier molecular flexibility index (Phi) is 4.83. The topological polar surface area (TPSA) is 68.5 Å². The second-order valence-electron chi connectivity index (χ2n) is 6.30. The lowest BCUT2D eigenvalue weighted by Crippen LogP contribution is -2.03. The Morgan fingerprint density at radius 3 is 2.64 bits per heavy atom. The molecule has 0 saturated heterocycles. The van der Waals surface area contributed by atoms with Crippen molar-refractivity contribution in [3.8, 4) is 5.75 Å². The summed E-state index contributed by atoms with van der Waals surface area (Å²) in [5.41, 5.74) is 6.71. The molecule has 1 N–H and O–H groups in total. The van der Waals surface area contributed by atoms with Gasteiger partial charge in [-0.3, -0.25) is 14.8 Å². The average Bonchev–Trinajstić information content (AvgIpc) is 3.25. The fraction of sp³-hybridized carbons (Fsp3) is 0.190. The molecule has 2 aromatic heterocycles. The predicted molar refractivity (Wildman–Crippen MR) is 115 cm³/mol. The van der Waals surface area contributed by atoms with E-state index in [1.54, 1.807) is 18.6 Å². The summed E-state index contributed by atoms with van der Waals surface area (Å²) in [5, 5.41) is 6.17. The van der Waals surface area contributed by atoms with Gasteiger partial charge in [0.25, 0.3) is 0 Å². The molecule has 0 bridgehead atoms. The highest BCUT2D eigenvalue weighted by Gasteiger charge is 2.17. The van der Waals surface area contributed by atoms with E-state index in [0.29, 0.717) is 5.13 Å². The minimum absolute atomic E-state index is 0.0302. The standard InChI is InChI=1S/C21H20N4O2S/c1-4-17(14-9-11-15(27-3)12-10-14)23-24-21-22-19-16-7-5-6-8-18(16)25(13(2)26)20(19)28-21/h5-12H,4H2,1-3H3,(H,22,24)/b23-17+. The molecule has 2 aromatic carbocycles. The summed E-state index contributed by atoms with van der Waals surface area (Å²) in [4.78, 5) is 17.7. The smallest absolute Gasteiger partial charge is 0.229 e. The van der Waals surface area contributed by atoms with E-state index >= 15 is 0 Å². The molecule has 2 heterocycles. The third kappa shape index (κ3) is 3.14. The number of hydrogen-bond donors (Lipinski definition) is 1. The first kappa shape index (κ1) is 18.2. The average molecular weight is 392 g/mol. The molecular weight excluding hydrogens is 372 g/mol. The molecule has 28 heavy (non-hydrogen) atoms. The van der Waals surface area contributed by atoms with Crippen LogP contribution in [-0.4, -0.2) is 28.3 Å². The van der Waals surface area contributed by atoms with Crippen molar-refractivity contribution in [1.82, 2.24) is 9.55 Å². The van der Waals surface area contributed by atoms with Gasteiger partial charge in [-0.15, -0.1) is 0 Å². The Bertz CT molecular complexity index is 1190. The molecule has 0 aliphatic rings. The fourth-order valence-corrected chi connectivity index (χ4v) is 4.21. The van der Waals surface area contributed by atoms with E-state index in [1.807, 2.05) is 48.5 Å². The first-order valence-corrected chi connectivity index (χ1v) is 9.82. The monoisotopic (exact) mass is 392 g/mol. The van der Waals surface area contributed by atoms with Gasteiger partial charge in [0.05, 0.1) is 18.3 Å². The third-order valence-corrected chi connectivity index (χ3v) is 5.52. The zero-order valence-electron chi connectivity index (χ0n) is 15.9. The van der Waals surface area contributed by atoms with Crippen LogP contribution in [0.15, 0.2) is 53.6 Å². The minimum atomic E-state index is -0.0302. The van der Waals surface area contributed by atoms with Gasteiger partial charge >= 0.3 is 0 Å². The molecular formula is C21H20N4O2S. The van der Waals surface area contributed by atoms with Crippen LogP contribution in [0, 0.1) is 0 Å². The summed E-state index contributed by atoms with van der Waals surface area (Å²) < 4.78 is 6.92. The number of fused-ring (bicyclic) bond motifs is 3. The number of anilines is 1. The maximum atomic E-state index is 12.2. The Labute approximate surface area is 166 Å². The number of hydrogen-bond acceptors (Lipinski definition) is 6. The first-order valence-electron chi connectivity index (χ1n) is 9.00. The second-order valence-corrected chi connectivity index (χ2v) is 7.27. The molecule has 0 fully saturated rings. The molecule has 0 atom stereocenters. The Morgan fingerprint density at radius 1 is 1.21 bits per heavy atom. The van der Waals surface area contributed by atoms with Gasteiger partial charge in [0, 0.05) is 12.3 Å².